The number of hydrogen-bond donors (Lipinski definition) is 0. The summed E-state index contributed by atoms with van der Waals surface area (Å²) in [7, 11) is 1.83. The average molecular weight is 354 g/mol. The lowest BCUT2D eigenvalue weighted by atomic mass is 10.1. The number of likely N-dealkylation sites (N-methyl/N-ethyl adjacent to an activating group) is 1. The number of aryl methyl sites for hydroxylation is 1. The smallest absolute Gasteiger partial charge is 0.261 e. The van der Waals surface area contributed by atoms with Gasteiger partial charge in [0, 0.05) is 33.1 Å². The number of carbonyl (C=O) groups is 1. The molecule has 2 aliphatic rings. The average Bonchev–Trinajstić information content (AvgIpc) is 3.26. The number of nitrogens with zero attached hydrogens (tertiary/aromatic N) is 8. The van der Waals surface area contributed by atoms with Gasteiger partial charge in [0.15, 0.2) is 5.65 Å². The number of ether oxygens (including phenoxy) is 1. The Morgan fingerprint density at radius 3 is 3.12 bits per heavy atom. The molecule has 1 amide bonds. The van der Waals surface area contributed by atoms with Crippen LogP contribution >= 0.6 is 0 Å². The summed E-state index contributed by atoms with van der Waals surface area (Å²) in [4.78, 5) is 16.7. The van der Waals surface area contributed by atoms with E-state index >= 15 is 0 Å². The van der Waals surface area contributed by atoms with Crippen molar-refractivity contribution in [3.05, 3.63) is 30.2 Å². The molecule has 0 N–H and O–H groups in total. The number of hydrogen-bond acceptors (Lipinski definition) is 7. The van der Waals surface area contributed by atoms with Gasteiger partial charge in [-0.25, -0.2) is 4.68 Å². The zero-order chi connectivity index (χ0) is 17.7. The predicted octanol–water partition coefficient (Wildman–Crippen LogP) is 0.0641. The molecule has 2 aliphatic heterocycles. The van der Waals surface area contributed by atoms with Crippen LogP contribution in [-0.2, 0) is 6.54 Å². The molecule has 0 aromatic carbocycles. The van der Waals surface area contributed by atoms with Crippen LogP contribution in [0.25, 0.3) is 5.65 Å². The van der Waals surface area contributed by atoms with E-state index in [1.165, 1.54) is 0 Å². The summed E-state index contributed by atoms with van der Waals surface area (Å²) in [6.45, 7) is 2.88. The molecule has 0 radical (unpaired) electrons. The molecule has 3 aromatic heterocycles. The minimum absolute atomic E-state index is 0.0555. The third kappa shape index (κ3) is 2.29. The normalized spacial score (nSPS) is 16.9. The van der Waals surface area contributed by atoms with Crippen LogP contribution in [0.3, 0.4) is 0 Å². The lowest BCUT2D eigenvalue weighted by Gasteiger charge is -2.44. The fourth-order valence-corrected chi connectivity index (χ4v) is 3.35. The number of fused-ring (bicyclic) bond motifs is 2. The Morgan fingerprint density at radius 2 is 2.23 bits per heavy atom. The topological polar surface area (TPSA) is 93.7 Å². The fraction of sp³-hybridized carbons (Fsp3) is 0.438. The van der Waals surface area contributed by atoms with Crippen LogP contribution < -0.4 is 9.64 Å². The molecule has 0 atom stereocenters. The second-order valence-corrected chi connectivity index (χ2v) is 6.59. The number of rotatable bonds is 3. The quantitative estimate of drug-likeness (QED) is 0.657. The van der Waals surface area contributed by atoms with E-state index in [0.717, 1.165) is 31.9 Å². The number of carbonyl (C=O) groups excluding carboxylic acids is 1. The van der Waals surface area contributed by atoms with Crippen LogP contribution in [0.15, 0.2) is 24.7 Å². The monoisotopic (exact) mass is 354 g/mol. The number of amides is 1. The predicted molar refractivity (Wildman–Crippen MR) is 91.2 cm³/mol. The summed E-state index contributed by atoms with van der Waals surface area (Å²) in [6.07, 6.45) is 4.10. The van der Waals surface area contributed by atoms with E-state index in [4.69, 9.17) is 4.74 Å². The van der Waals surface area contributed by atoms with E-state index in [9.17, 15) is 4.79 Å². The van der Waals surface area contributed by atoms with Gasteiger partial charge in [0.1, 0.15) is 17.7 Å². The maximum Gasteiger partial charge on any atom is 0.261 e. The van der Waals surface area contributed by atoms with Crippen molar-refractivity contribution in [1.29, 1.82) is 0 Å². The highest BCUT2D eigenvalue weighted by atomic mass is 16.5. The summed E-state index contributed by atoms with van der Waals surface area (Å²) < 4.78 is 9.05. The van der Waals surface area contributed by atoms with Crippen molar-refractivity contribution in [3.8, 4) is 5.88 Å². The van der Waals surface area contributed by atoms with Gasteiger partial charge in [-0.15, -0.1) is 15.3 Å². The van der Waals surface area contributed by atoms with Gasteiger partial charge in [0.2, 0.25) is 5.88 Å². The number of anilines is 1. The maximum absolute atomic E-state index is 12.8. The van der Waals surface area contributed by atoms with Crippen LogP contribution in [-0.4, -0.2) is 73.2 Å². The first kappa shape index (κ1) is 15.1. The largest absolute Gasteiger partial charge is 0.477 e. The lowest BCUT2D eigenvalue weighted by molar-refractivity contribution is 0.0698. The first-order valence-electron chi connectivity index (χ1n) is 8.58. The summed E-state index contributed by atoms with van der Waals surface area (Å²) in [6, 6.07) is 3.93. The Morgan fingerprint density at radius 1 is 1.35 bits per heavy atom. The van der Waals surface area contributed by atoms with E-state index in [-0.39, 0.29) is 11.9 Å². The van der Waals surface area contributed by atoms with Crippen molar-refractivity contribution in [1.82, 2.24) is 34.5 Å². The molecule has 5 rings (SSSR count). The molecule has 26 heavy (non-hydrogen) atoms. The Kier molecular flexibility index (Phi) is 3.30. The molecule has 3 aromatic rings. The molecule has 0 spiro atoms. The van der Waals surface area contributed by atoms with E-state index in [1.54, 1.807) is 26.6 Å². The maximum atomic E-state index is 12.8. The minimum Gasteiger partial charge on any atom is -0.477 e. The molecule has 10 heteroatoms. The Hall–Kier alpha value is -3.17. The molecule has 0 bridgehead atoms. The van der Waals surface area contributed by atoms with Gasteiger partial charge in [-0.05, 0) is 12.1 Å². The van der Waals surface area contributed by atoms with E-state index < -0.39 is 0 Å². The molecular formula is C16H18N8O2. The van der Waals surface area contributed by atoms with Gasteiger partial charge < -0.3 is 14.5 Å². The lowest BCUT2D eigenvalue weighted by Crippen LogP contribution is -2.60. The zero-order valence-electron chi connectivity index (χ0n) is 14.3. The third-order valence-corrected chi connectivity index (χ3v) is 4.98. The Labute approximate surface area is 149 Å². The molecule has 0 aliphatic carbocycles. The third-order valence-electron chi connectivity index (χ3n) is 4.98. The number of aromatic nitrogens is 6. The molecule has 134 valence electrons. The molecule has 10 nitrogen and oxygen atoms in total. The van der Waals surface area contributed by atoms with Crippen molar-refractivity contribution in [2.45, 2.75) is 19.0 Å². The molecule has 1 fully saturated rings. The van der Waals surface area contributed by atoms with Crippen LogP contribution in [0.2, 0.25) is 0 Å². The van der Waals surface area contributed by atoms with Crippen molar-refractivity contribution >= 4 is 17.4 Å². The van der Waals surface area contributed by atoms with Crippen LogP contribution in [0.5, 0.6) is 5.88 Å². The highest BCUT2D eigenvalue weighted by Crippen LogP contribution is 2.26. The van der Waals surface area contributed by atoms with Crippen LogP contribution in [0.1, 0.15) is 16.8 Å². The van der Waals surface area contributed by atoms with Gasteiger partial charge in [0.05, 0.1) is 18.8 Å². The van der Waals surface area contributed by atoms with Gasteiger partial charge in [-0.3, -0.25) is 4.79 Å². The van der Waals surface area contributed by atoms with E-state index in [0.29, 0.717) is 23.7 Å². The summed E-state index contributed by atoms with van der Waals surface area (Å²) in [5, 5.41) is 16.5. The molecule has 1 saturated heterocycles. The van der Waals surface area contributed by atoms with Crippen molar-refractivity contribution in [2.75, 3.05) is 31.6 Å². The SMILES string of the molecule is CN(C(=O)c1cnn2c1OCCC2)C1CN(c2ccc3nncn3n2)C1. The molecular weight excluding hydrogens is 336 g/mol. The molecule has 0 saturated carbocycles. The van der Waals surface area contributed by atoms with Gasteiger partial charge in [-0.2, -0.15) is 9.61 Å². The van der Waals surface area contributed by atoms with Crippen LogP contribution in [0, 0.1) is 0 Å². The molecule has 5 heterocycles. The summed E-state index contributed by atoms with van der Waals surface area (Å²) in [5.74, 6) is 1.38. The van der Waals surface area contributed by atoms with Gasteiger partial charge >= 0.3 is 0 Å². The van der Waals surface area contributed by atoms with E-state index in [2.05, 4.69) is 25.3 Å². The van der Waals surface area contributed by atoms with Gasteiger partial charge in [-0.1, -0.05) is 0 Å². The van der Waals surface area contributed by atoms with Gasteiger partial charge in [0.25, 0.3) is 5.91 Å². The summed E-state index contributed by atoms with van der Waals surface area (Å²) in [5.41, 5.74) is 1.25. The zero-order valence-corrected chi connectivity index (χ0v) is 14.3. The second-order valence-electron chi connectivity index (χ2n) is 6.59. The Balaban J connectivity index is 1.28. The highest BCUT2D eigenvalue weighted by Gasteiger charge is 2.35. The Bertz CT molecular complexity index is 974. The summed E-state index contributed by atoms with van der Waals surface area (Å²) >= 11 is 0. The first-order valence-corrected chi connectivity index (χ1v) is 8.58. The first-order chi connectivity index (χ1) is 12.7. The fourth-order valence-electron chi connectivity index (χ4n) is 3.35. The second kappa shape index (κ2) is 5.68. The van der Waals surface area contributed by atoms with Crippen molar-refractivity contribution < 1.29 is 9.53 Å². The van der Waals surface area contributed by atoms with Crippen molar-refractivity contribution in [2.24, 2.45) is 0 Å². The van der Waals surface area contributed by atoms with Crippen molar-refractivity contribution in [3.63, 3.8) is 0 Å². The standard InChI is InChI=1S/C16H18N8O2/c1-21(15(25)12-7-18-23-5-2-6-26-16(12)23)11-8-22(9-11)14-4-3-13-19-17-10-24(13)20-14/h3-4,7,10-11H,2,5-6,8-9H2,1H3. The minimum atomic E-state index is -0.0555. The highest BCUT2D eigenvalue weighted by molar-refractivity contribution is 5.96. The molecule has 0 unspecified atom stereocenters. The van der Waals surface area contributed by atoms with E-state index in [1.807, 2.05) is 19.2 Å². The van der Waals surface area contributed by atoms with Crippen LogP contribution in [0.4, 0.5) is 5.82 Å².